The number of H-pyrrole nitrogens is 1. The molecule has 1 N–H and O–H groups in total. The fraction of sp³-hybridized carbons (Fsp3) is 0. The van der Waals surface area contributed by atoms with Crippen LogP contribution in [-0.2, 0) is 0 Å². The molecule has 9 heavy (non-hydrogen) atoms. The van der Waals surface area contributed by atoms with Gasteiger partial charge in [0.2, 0.25) is 0 Å². The van der Waals surface area contributed by atoms with Gasteiger partial charge in [-0.1, -0.05) is 0 Å². The van der Waals surface area contributed by atoms with E-state index in [1.165, 1.54) is 0 Å². The lowest BCUT2D eigenvalue weighted by molar-refractivity contribution is 1.18. The van der Waals surface area contributed by atoms with Crippen LogP contribution in [0.2, 0.25) is 0 Å². The quantitative estimate of drug-likeness (QED) is 0.537. The first-order valence-corrected chi connectivity index (χ1v) is 2.49. The monoisotopic (exact) mass is 119 g/mol. The molecule has 4 heteroatoms. The van der Waals surface area contributed by atoms with Gasteiger partial charge in [0.05, 0.1) is 12.5 Å². The van der Waals surface area contributed by atoms with Crippen LogP contribution in [0.25, 0.3) is 11.2 Å². The van der Waals surface area contributed by atoms with E-state index in [2.05, 4.69) is 26.3 Å². The molecule has 0 atom stereocenters. The van der Waals surface area contributed by atoms with Crippen molar-refractivity contribution < 1.29 is 0 Å². The first-order valence-electron chi connectivity index (χ1n) is 2.49. The van der Waals surface area contributed by atoms with Crippen molar-refractivity contribution >= 4 is 11.2 Å². The second kappa shape index (κ2) is 1.51. The normalized spacial score (nSPS) is 10.2. The largest absolute Gasteiger partial charge is 0.329 e. The minimum atomic E-state index is 0.727. The molecule has 2 heterocycles. The van der Waals surface area contributed by atoms with Crippen LogP contribution in [0.3, 0.4) is 0 Å². The molecule has 0 aromatic carbocycles. The van der Waals surface area contributed by atoms with E-state index in [4.69, 9.17) is 0 Å². The second-order valence-electron chi connectivity index (χ2n) is 1.61. The van der Waals surface area contributed by atoms with Crippen LogP contribution in [0.15, 0.2) is 12.5 Å². The second-order valence-corrected chi connectivity index (χ2v) is 1.61. The third-order valence-electron chi connectivity index (χ3n) is 1.05. The average Bonchev–Trinajstić information content (AvgIpc) is 2.33. The van der Waals surface area contributed by atoms with Crippen LogP contribution in [-0.4, -0.2) is 19.9 Å². The van der Waals surface area contributed by atoms with Gasteiger partial charge in [-0.05, 0) is 0 Å². The zero-order valence-electron chi connectivity index (χ0n) is 4.50. The van der Waals surface area contributed by atoms with E-state index in [-0.39, 0.29) is 0 Å². The lowest BCUT2D eigenvalue weighted by atomic mass is 10.6. The molecule has 4 nitrogen and oxygen atoms in total. The molecule has 0 bridgehead atoms. The third-order valence-corrected chi connectivity index (χ3v) is 1.05. The maximum atomic E-state index is 3.92. The Kier molecular flexibility index (Phi) is 0.745. The van der Waals surface area contributed by atoms with Crippen molar-refractivity contribution in [1.82, 2.24) is 19.9 Å². The summed E-state index contributed by atoms with van der Waals surface area (Å²) >= 11 is 0. The molecule has 0 aliphatic carbocycles. The van der Waals surface area contributed by atoms with Crippen LogP contribution >= 0.6 is 0 Å². The Morgan fingerprint density at radius 1 is 1.56 bits per heavy atom. The summed E-state index contributed by atoms with van der Waals surface area (Å²) in [6.07, 6.45) is 5.64. The van der Waals surface area contributed by atoms with E-state index in [0.29, 0.717) is 0 Å². The first-order chi connectivity index (χ1) is 4.47. The Balaban J connectivity index is 2.95. The van der Waals surface area contributed by atoms with Crippen LogP contribution in [0.4, 0.5) is 0 Å². The van der Waals surface area contributed by atoms with Crippen molar-refractivity contribution in [3.63, 3.8) is 0 Å². The highest BCUT2D eigenvalue weighted by molar-refractivity contribution is 5.67. The van der Waals surface area contributed by atoms with Gasteiger partial charge in [-0.15, -0.1) is 0 Å². The summed E-state index contributed by atoms with van der Waals surface area (Å²) in [5.74, 6) is 0. The minimum absolute atomic E-state index is 0.727. The zero-order chi connectivity index (χ0) is 6.10. The fourth-order valence-electron chi connectivity index (χ4n) is 0.651. The van der Waals surface area contributed by atoms with E-state index in [9.17, 15) is 0 Å². The summed E-state index contributed by atoms with van der Waals surface area (Å²) in [6, 6.07) is 0. The Morgan fingerprint density at radius 3 is 3.44 bits per heavy atom. The molecule has 0 spiro atoms. The molecular formula is C5H3N4. The number of nitrogens with zero attached hydrogens (tertiary/aromatic N) is 3. The zero-order valence-corrected chi connectivity index (χ0v) is 4.50. The number of imidazole rings is 1. The molecule has 1 radical (unpaired) electrons. The predicted molar refractivity (Wildman–Crippen MR) is 30.5 cm³/mol. The van der Waals surface area contributed by atoms with E-state index in [0.717, 1.165) is 11.2 Å². The summed E-state index contributed by atoms with van der Waals surface area (Å²) in [4.78, 5) is 14.2. The molecule has 0 unspecified atom stereocenters. The van der Waals surface area contributed by atoms with Gasteiger partial charge in [0, 0.05) is 0 Å². The Hall–Kier alpha value is -1.45. The van der Waals surface area contributed by atoms with Crippen molar-refractivity contribution in [2.45, 2.75) is 0 Å². The molecule has 0 saturated heterocycles. The van der Waals surface area contributed by atoms with Crippen molar-refractivity contribution in [3.8, 4) is 0 Å². The fourth-order valence-corrected chi connectivity index (χ4v) is 0.651. The maximum absolute atomic E-state index is 3.92. The predicted octanol–water partition coefficient (Wildman–Crippen LogP) is 0.153. The SMILES string of the molecule is [c]1ncc2nc[nH]c2n1. The van der Waals surface area contributed by atoms with Crippen molar-refractivity contribution in [2.75, 3.05) is 0 Å². The van der Waals surface area contributed by atoms with E-state index in [1.54, 1.807) is 12.5 Å². The van der Waals surface area contributed by atoms with Gasteiger partial charge < -0.3 is 4.98 Å². The molecular weight excluding hydrogens is 116 g/mol. The molecule has 2 rings (SSSR count). The number of fused-ring (bicyclic) bond motifs is 1. The lowest BCUT2D eigenvalue weighted by Gasteiger charge is -1.79. The average molecular weight is 119 g/mol. The minimum Gasteiger partial charge on any atom is -0.329 e. The Bertz CT molecular complexity index is 283. The highest BCUT2D eigenvalue weighted by Crippen LogP contribution is 1.98. The van der Waals surface area contributed by atoms with Crippen LogP contribution in [0.5, 0.6) is 0 Å². The smallest absolute Gasteiger partial charge is 0.199 e. The topological polar surface area (TPSA) is 54.5 Å². The number of aromatic amines is 1. The standard InChI is InChI=1S/C5H3N4/c1-4-5(8-2-6-1)9-3-7-4/h1,3H,(H,6,7,8,9). The number of aromatic nitrogens is 4. The third kappa shape index (κ3) is 0.561. The molecule has 2 aromatic rings. The Labute approximate surface area is 51.0 Å². The van der Waals surface area contributed by atoms with E-state index >= 15 is 0 Å². The molecule has 0 amide bonds. The van der Waals surface area contributed by atoms with Crippen LogP contribution in [0, 0.1) is 6.33 Å². The number of rotatable bonds is 0. The summed E-state index contributed by atoms with van der Waals surface area (Å²) in [5.41, 5.74) is 1.50. The van der Waals surface area contributed by atoms with Crippen molar-refractivity contribution in [3.05, 3.63) is 18.9 Å². The van der Waals surface area contributed by atoms with Crippen molar-refractivity contribution in [1.29, 1.82) is 0 Å². The highest BCUT2D eigenvalue weighted by Gasteiger charge is 1.91. The molecule has 43 valence electrons. The summed E-state index contributed by atoms with van der Waals surface area (Å²) in [5, 5.41) is 0. The first kappa shape index (κ1) is 4.43. The van der Waals surface area contributed by atoms with Gasteiger partial charge in [0.15, 0.2) is 12.0 Å². The van der Waals surface area contributed by atoms with Crippen LogP contribution < -0.4 is 0 Å². The Morgan fingerprint density at radius 2 is 2.56 bits per heavy atom. The van der Waals surface area contributed by atoms with E-state index < -0.39 is 0 Å². The number of hydrogen-bond donors (Lipinski definition) is 1. The van der Waals surface area contributed by atoms with Gasteiger partial charge in [0.1, 0.15) is 5.52 Å². The molecule has 0 fully saturated rings. The summed E-state index contributed by atoms with van der Waals surface area (Å²) in [7, 11) is 0. The van der Waals surface area contributed by atoms with Gasteiger partial charge in [-0.3, -0.25) is 0 Å². The number of nitrogens with one attached hydrogen (secondary N) is 1. The molecule has 2 aromatic heterocycles. The van der Waals surface area contributed by atoms with Crippen molar-refractivity contribution in [2.24, 2.45) is 0 Å². The van der Waals surface area contributed by atoms with Gasteiger partial charge in [-0.2, -0.15) is 0 Å². The van der Waals surface area contributed by atoms with Crippen LogP contribution in [0.1, 0.15) is 0 Å². The molecule has 0 aliphatic rings. The molecule has 0 aliphatic heterocycles. The van der Waals surface area contributed by atoms with Gasteiger partial charge in [0.25, 0.3) is 0 Å². The molecule has 0 saturated carbocycles. The van der Waals surface area contributed by atoms with E-state index in [1.807, 2.05) is 0 Å². The number of hydrogen-bond acceptors (Lipinski definition) is 3. The maximum Gasteiger partial charge on any atom is 0.199 e. The lowest BCUT2D eigenvalue weighted by Crippen LogP contribution is -1.77. The highest BCUT2D eigenvalue weighted by atomic mass is 15.0. The van der Waals surface area contributed by atoms with Gasteiger partial charge in [-0.25, -0.2) is 15.0 Å². The summed E-state index contributed by atoms with van der Waals surface area (Å²) < 4.78 is 0. The summed E-state index contributed by atoms with van der Waals surface area (Å²) in [6.45, 7) is 0. The van der Waals surface area contributed by atoms with Gasteiger partial charge >= 0.3 is 0 Å².